The summed E-state index contributed by atoms with van der Waals surface area (Å²) in [6.07, 6.45) is 1.26. The maximum Gasteiger partial charge on any atom is 0.338 e. The van der Waals surface area contributed by atoms with Crippen LogP contribution in [-0.4, -0.2) is 22.0 Å². The summed E-state index contributed by atoms with van der Waals surface area (Å²) >= 11 is 12.7. The molecule has 0 unspecified atom stereocenters. The number of nitrogens with zero attached hydrogens (tertiary/aromatic N) is 1. The molecule has 2 heterocycles. The number of hydrogen-bond acceptors (Lipinski definition) is 4. The minimum absolute atomic E-state index is 0.0390. The Balaban J connectivity index is 2.32. The van der Waals surface area contributed by atoms with Crippen molar-refractivity contribution >= 4 is 51.4 Å². The molecule has 2 N–H and O–H groups in total. The normalized spacial score (nSPS) is 10.3. The first-order chi connectivity index (χ1) is 9.38. The van der Waals surface area contributed by atoms with Crippen molar-refractivity contribution in [3.05, 3.63) is 44.5 Å². The fourth-order valence-corrected chi connectivity index (χ4v) is 2.77. The number of carboxylic acid groups (broad SMARTS) is 1. The quantitative estimate of drug-likeness (QED) is 0.841. The van der Waals surface area contributed by atoms with Gasteiger partial charge in [0.05, 0.1) is 16.1 Å². The lowest BCUT2D eigenvalue weighted by atomic mass is 10.2. The van der Waals surface area contributed by atoms with E-state index in [-0.39, 0.29) is 26.3 Å². The van der Waals surface area contributed by atoms with E-state index in [2.05, 4.69) is 10.3 Å². The number of anilines is 1. The highest BCUT2D eigenvalue weighted by molar-refractivity contribution is 7.16. The van der Waals surface area contributed by atoms with Gasteiger partial charge in [0.15, 0.2) is 0 Å². The van der Waals surface area contributed by atoms with Gasteiger partial charge in [0.25, 0.3) is 5.91 Å². The van der Waals surface area contributed by atoms with Crippen LogP contribution in [-0.2, 0) is 0 Å². The number of amides is 1. The number of nitrogens with one attached hydrogen (secondary N) is 1. The Morgan fingerprint density at radius 1 is 1.30 bits per heavy atom. The molecule has 0 bridgehead atoms. The van der Waals surface area contributed by atoms with E-state index in [1.54, 1.807) is 6.92 Å². The summed E-state index contributed by atoms with van der Waals surface area (Å²) in [5.74, 6) is -1.65. The van der Waals surface area contributed by atoms with Crippen LogP contribution in [0.2, 0.25) is 10.2 Å². The molecule has 2 aromatic heterocycles. The number of hydrogen-bond donors (Lipinski definition) is 2. The van der Waals surface area contributed by atoms with Crippen LogP contribution < -0.4 is 5.32 Å². The van der Waals surface area contributed by atoms with Gasteiger partial charge in [0.1, 0.15) is 10.2 Å². The summed E-state index contributed by atoms with van der Waals surface area (Å²) in [6, 6.07) is 2.81. The Bertz CT molecular complexity index is 700. The van der Waals surface area contributed by atoms with Crippen molar-refractivity contribution in [2.75, 3.05) is 5.32 Å². The lowest BCUT2D eigenvalue weighted by Gasteiger charge is -2.06. The molecule has 0 aliphatic heterocycles. The molecule has 0 aromatic carbocycles. The van der Waals surface area contributed by atoms with E-state index in [0.717, 1.165) is 4.88 Å². The van der Waals surface area contributed by atoms with Gasteiger partial charge in [-0.25, -0.2) is 9.78 Å². The first-order valence-electron chi connectivity index (χ1n) is 5.34. The molecular weight excluding hydrogens is 323 g/mol. The van der Waals surface area contributed by atoms with Gasteiger partial charge in [-0.2, -0.15) is 0 Å². The highest BCUT2D eigenvalue weighted by Crippen LogP contribution is 2.29. The minimum atomic E-state index is -1.11. The van der Waals surface area contributed by atoms with Crippen molar-refractivity contribution < 1.29 is 14.7 Å². The van der Waals surface area contributed by atoms with E-state index in [1.807, 2.05) is 0 Å². The lowest BCUT2D eigenvalue weighted by molar-refractivity contribution is 0.0698. The Morgan fingerprint density at radius 2 is 2.00 bits per heavy atom. The highest BCUT2D eigenvalue weighted by Gasteiger charge is 2.18. The second-order valence-corrected chi connectivity index (χ2v) is 5.90. The van der Waals surface area contributed by atoms with Crippen LogP contribution in [0.1, 0.15) is 25.6 Å². The molecule has 0 atom stereocenters. The number of aromatic carboxylic acids is 1. The smallest absolute Gasteiger partial charge is 0.338 e. The third-order valence-corrected chi connectivity index (χ3v) is 3.85. The molecule has 0 saturated carbocycles. The number of carbonyl (C=O) groups is 2. The zero-order valence-electron chi connectivity index (χ0n) is 10.1. The van der Waals surface area contributed by atoms with E-state index in [0.29, 0.717) is 0 Å². The van der Waals surface area contributed by atoms with Crippen molar-refractivity contribution in [1.82, 2.24) is 4.98 Å². The second kappa shape index (κ2) is 5.78. The maximum absolute atomic E-state index is 12.1. The molecule has 20 heavy (non-hydrogen) atoms. The van der Waals surface area contributed by atoms with Gasteiger partial charge in [-0.3, -0.25) is 4.79 Å². The van der Waals surface area contributed by atoms with Crippen molar-refractivity contribution in [3.63, 3.8) is 0 Å². The molecule has 2 rings (SSSR count). The molecule has 0 aliphatic rings. The molecule has 0 saturated heterocycles. The number of rotatable bonds is 3. The van der Waals surface area contributed by atoms with Crippen molar-refractivity contribution in [3.8, 4) is 0 Å². The maximum atomic E-state index is 12.1. The van der Waals surface area contributed by atoms with E-state index in [4.69, 9.17) is 28.3 Å². The molecule has 0 fully saturated rings. The number of carbonyl (C=O) groups excluding carboxylic acids is 1. The molecule has 0 radical (unpaired) electrons. The Kier molecular flexibility index (Phi) is 4.27. The van der Waals surface area contributed by atoms with Crippen LogP contribution >= 0.6 is 34.5 Å². The molecule has 1 amide bonds. The minimum Gasteiger partial charge on any atom is -0.478 e. The summed E-state index contributed by atoms with van der Waals surface area (Å²) in [4.78, 5) is 27.7. The van der Waals surface area contributed by atoms with Gasteiger partial charge in [-0.15, -0.1) is 11.3 Å². The van der Waals surface area contributed by atoms with Gasteiger partial charge in [-0.05, 0) is 19.1 Å². The van der Waals surface area contributed by atoms with E-state index in [1.165, 1.54) is 29.7 Å². The second-order valence-electron chi connectivity index (χ2n) is 3.85. The highest BCUT2D eigenvalue weighted by atomic mass is 35.5. The number of halogens is 2. The fourth-order valence-electron chi connectivity index (χ4n) is 1.52. The topological polar surface area (TPSA) is 79.3 Å². The number of carboxylic acids is 1. The molecule has 5 nitrogen and oxygen atoms in total. The van der Waals surface area contributed by atoms with E-state index in [9.17, 15) is 9.59 Å². The van der Waals surface area contributed by atoms with Crippen LogP contribution in [0.4, 0.5) is 5.00 Å². The number of thiophene rings is 1. The van der Waals surface area contributed by atoms with Crippen LogP contribution in [0.15, 0.2) is 18.3 Å². The van der Waals surface area contributed by atoms with Crippen LogP contribution in [0.5, 0.6) is 0 Å². The first kappa shape index (κ1) is 14.8. The third kappa shape index (κ3) is 3.09. The zero-order chi connectivity index (χ0) is 14.9. The van der Waals surface area contributed by atoms with Crippen molar-refractivity contribution in [1.29, 1.82) is 0 Å². The SMILES string of the molecule is Cc1cc(C(=O)O)c(NC(=O)c2cc(Cl)ncc2Cl)s1. The first-order valence-corrected chi connectivity index (χ1v) is 6.92. The monoisotopic (exact) mass is 330 g/mol. The predicted molar refractivity (Wildman–Crippen MR) is 78.2 cm³/mol. The average Bonchev–Trinajstić information content (AvgIpc) is 2.73. The van der Waals surface area contributed by atoms with Crippen LogP contribution in [0.3, 0.4) is 0 Å². The van der Waals surface area contributed by atoms with Crippen LogP contribution in [0, 0.1) is 6.92 Å². The largest absolute Gasteiger partial charge is 0.478 e. The lowest BCUT2D eigenvalue weighted by Crippen LogP contribution is -2.14. The number of aryl methyl sites for hydroxylation is 1. The van der Waals surface area contributed by atoms with Crippen LogP contribution in [0.25, 0.3) is 0 Å². The Hall–Kier alpha value is -1.63. The summed E-state index contributed by atoms with van der Waals surface area (Å²) in [5, 5.41) is 12.1. The summed E-state index contributed by atoms with van der Waals surface area (Å²) in [7, 11) is 0. The van der Waals surface area contributed by atoms with E-state index < -0.39 is 11.9 Å². The number of pyridine rings is 1. The van der Waals surface area contributed by atoms with Gasteiger partial charge >= 0.3 is 5.97 Å². The Labute approximate surface area is 128 Å². The molecule has 104 valence electrons. The van der Waals surface area contributed by atoms with Gasteiger partial charge in [-0.1, -0.05) is 23.2 Å². The summed E-state index contributed by atoms with van der Waals surface area (Å²) < 4.78 is 0. The summed E-state index contributed by atoms with van der Waals surface area (Å²) in [5.41, 5.74) is 0.172. The Morgan fingerprint density at radius 3 is 2.65 bits per heavy atom. The van der Waals surface area contributed by atoms with E-state index >= 15 is 0 Å². The molecule has 8 heteroatoms. The van der Waals surface area contributed by atoms with Gasteiger partial charge in [0.2, 0.25) is 0 Å². The molecular formula is C12H8Cl2N2O3S. The van der Waals surface area contributed by atoms with Gasteiger partial charge in [0, 0.05) is 11.1 Å². The fraction of sp³-hybridized carbons (Fsp3) is 0.0833. The average molecular weight is 331 g/mol. The zero-order valence-corrected chi connectivity index (χ0v) is 12.4. The standard InChI is InChI=1S/C12H8Cl2N2O3S/c1-5-2-7(12(18)19)11(20-5)16-10(17)6-3-9(14)15-4-8(6)13/h2-4H,1H3,(H,16,17)(H,18,19). The molecule has 2 aromatic rings. The predicted octanol–water partition coefficient (Wildman–Crippen LogP) is 3.71. The molecule has 0 spiro atoms. The number of aromatic nitrogens is 1. The molecule has 0 aliphatic carbocycles. The van der Waals surface area contributed by atoms with Crippen molar-refractivity contribution in [2.24, 2.45) is 0 Å². The summed E-state index contributed by atoms with van der Waals surface area (Å²) in [6.45, 7) is 1.75. The van der Waals surface area contributed by atoms with Gasteiger partial charge < -0.3 is 10.4 Å². The van der Waals surface area contributed by atoms with Crippen molar-refractivity contribution in [2.45, 2.75) is 6.92 Å². The third-order valence-electron chi connectivity index (χ3n) is 2.38.